The highest BCUT2D eigenvalue weighted by Gasteiger charge is 2.23. The van der Waals surface area contributed by atoms with Gasteiger partial charge in [0.15, 0.2) is 5.96 Å². The van der Waals surface area contributed by atoms with Crippen LogP contribution in [0.25, 0.3) is 0 Å². The van der Waals surface area contributed by atoms with Crippen LogP contribution in [0, 0.1) is 5.92 Å². The summed E-state index contributed by atoms with van der Waals surface area (Å²) >= 11 is 3.54. The van der Waals surface area contributed by atoms with Crippen LogP contribution in [0.2, 0.25) is 0 Å². The summed E-state index contributed by atoms with van der Waals surface area (Å²) in [6.07, 6.45) is 1.15. The Kier molecular flexibility index (Phi) is 7.55. The van der Waals surface area contributed by atoms with Gasteiger partial charge in [0.05, 0.1) is 0 Å². The molecule has 1 aromatic rings. The summed E-state index contributed by atoms with van der Waals surface area (Å²) in [6.45, 7) is 5.91. The zero-order valence-corrected chi connectivity index (χ0v) is 16.8. The molecule has 1 fully saturated rings. The molecule has 1 amide bonds. The number of nitrogens with one attached hydrogen (secondary N) is 2. The van der Waals surface area contributed by atoms with Crippen molar-refractivity contribution in [2.24, 2.45) is 10.9 Å². The number of rotatable bonds is 6. The van der Waals surface area contributed by atoms with E-state index in [9.17, 15) is 4.79 Å². The lowest BCUT2D eigenvalue weighted by Gasteiger charge is -2.20. The molecule has 2 N–H and O–H groups in total. The van der Waals surface area contributed by atoms with Gasteiger partial charge in [-0.2, -0.15) is 0 Å². The predicted octanol–water partition coefficient (Wildman–Crippen LogP) is 1.92. The summed E-state index contributed by atoms with van der Waals surface area (Å²) in [5, 5.41) is 6.57. The fourth-order valence-electron chi connectivity index (χ4n) is 2.78. The second-order valence-electron chi connectivity index (χ2n) is 6.44. The molecular weight excluding hydrogens is 382 g/mol. The van der Waals surface area contributed by atoms with E-state index in [-0.39, 0.29) is 12.5 Å². The summed E-state index contributed by atoms with van der Waals surface area (Å²) < 4.78 is 1.11. The van der Waals surface area contributed by atoms with Crippen LogP contribution in [-0.4, -0.2) is 63.6 Å². The van der Waals surface area contributed by atoms with Crippen molar-refractivity contribution in [3.05, 3.63) is 28.7 Å². The molecule has 0 saturated carbocycles. The van der Waals surface area contributed by atoms with Crippen molar-refractivity contribution in [1.82, 2.24) is 15.5 Å². The number of hydrogen-bond acceptors (Lipinski definition) is 3. The lowest BCUT2D eigenvalue weighted by Crippen LogP contribution is -2.41. The number of amides is 1. The first-order chi connectivity index (χ1) is 12.0. The van der Waals surface area contributed by atoms with Gasteiger partial charge < -0.3 is 20.4 Å². The number of likely N-dealkylation sites (N-methyl/N-ethyl adjacent to an activating group) is 1. The molecule has 7 heteroatoms. The summed E-state index contributed by atoms with van der Waals surface area (Å²) in [5.41, 5.74) is 1.26. The van der Waals surface area contributed by atoms with Crippen LogP contribution >= 0.6 is 15.9 Å². The number of aliphatic imine (C=N–C) groups is 1. The second-order valence-corrected chi connectivity index (χ2v) is 7.36. The predicted molar refractivity (Wildman–Crippen MR) is 107 cm³/mol. The highest BCUT2D eigenvalue weighted by molar-refractivity contribution is 9.10. The SMILES string of the molecule is CCNC(=NCC(=O)N(C)C)NCC1CCN(c2cccc(Br)c2)C1. The lowest BCUT2D eigenvalue weighted by atomic mass is 10.1. The van der Waals surface area contributed by atoms with Gasteiger partial charge in [0.2, 0.25) is 5.91 Å². The summed E-state index contributed by atoms with van der Waals surface area (Å²) in [5.74, 6) is 1.27. The Morgan fingerprint density at radius 3 is 2.88 bits per heavy atom. The summed E-state index contributed by atoms with van der Waals surface area (Å²) in [6, 6.07) is 8.43. The van der Waals surface area contributed by atoms with Crippen LogP contribution in [0.3, 0.4) is 0 Å². The molecule has 1 atom stereocenters. The largest absolute Gasteiger partial charge is 0.371 e. The zero-order valence-electron chi connectivity index (χ0n) is 15.3. The minimum Gasteiger partial charge on any atom is -0.371 e. The topological polar surface area (TPSA) is 60.0 Å². The minimum absolute atomic E-state index is 0.00102. The molecule has 0 radical (unpaired) electrons. The molecule has 1 saturated heterocycles. The maximum Gasteiger partial charge on any atom is 0.243 e. The molecule has 0 aromatic heterocycles. The number of halogens is 1. The Balaban J connectivity index is 1.84. The number of benzene rings is 1. The van der Waals surface area contributed by atoms with Gasteiger partial charge in [-0.15, -0.1) is 0 Å². The smallest absolute Gasteiger partial charge is 0.243 e. The Morgan fingerprint density at radius 1 is 1.40 bits per heavy atom. The zero-order chi connectivity index (χ0) is 18.2. The highest BCUT2D eigenvalue weighted by Crippen LogP contribution is 2.25. The number of carbonyl (C=O) groups is 1. The number of carbonyl (C=O) groups excluding carboxylic acids is 1. The molecule has 138 valence electrons. The molecule has 0 spiro atoms. The Bertz CT molecular complexity index is 605. The third kappa shape index (κ3) is 6.23. The molecule has 6 nitrogen and oxygen atoms in total. The average molecular weight is 410 g/mol. The van der Waals surface area contributed by atoms with Crippen molar-refractivity contribution in [2.45, 2.75) is 13.3 Å². The quantitative estimate of drug-likeness (QED) is 0.556. The number of guanidine groups is 1. The summed E-state index contributed by atoms with van der Waals surface area (Å²) in [4.78, 5) is 20.0. The van der Waals surface area contributed by atoms with E-state index in [1.165, 1.54) is 5.69 Å². The van der Waals surface area contributed by atoms with Gasteiger partial charge in [-0.3, -0.25) is 4.79 Å². The van der Waals surface area contributed by atoms with Gasteiger partial charge in [0.25, 0.3) is 0 Å². The van der Waals surface area contributed by atoms with Crippen LogP contribution < -0.4 is 15.5 Å². The van der Waals surface area contributed by atoms with Crippen molar-refractivity contribution in [3.8, 4) is 0 Å². The number of anilines is 1. The van der Waals surface area contributed by atoms with Gasteiger partial charge in [-0.25, -0.2) is 4.99 Å². The molecule has 1 aliphatic heterocycles. The van der Waals surface area contributed by atoms with Gasteiger partial charge in [0, 0.05) is 50.4 Å². The van der Waals surface area contributed by atoms with E-state index in [2.05, 4.69) is 54.7 Å². The fourth-order valence-corrected chi connectivity index (χ4v) is 3.16. The van der Waals surface area contributed by atoms with Gasteiger partial charge in [0.1, 0.15) is 6.54 Å². The molecule has 1 aliphatic rings. The van der Waals surface area contributed by atoms with Gasteiger partial charge in [-0.05, 0) is 37.5 Å². The van der Waals surface area contributed by atoms with Gasteiger partial charge in [-0.1, -0.05) is 22.0 Å². The first-order valence-corrected chi connectivity index (χ1v) is 9.51. The van der Waals surface area contributed by atoms with Crippen LogP contribution in [0.5, 0.6) is 0 Å². The molecule has 1 aromatic carbocycles. The maximum absolute atomic E-state index is 11.7. The molecule has 25 heavy (non-hydrogen) atoms. The molecule has 1 unspecified atom stereocenters. The van der Waals surface area contributed by atoms with E-state index in [1.54, 1.807) is 19.0 Å². The number of hydrogen-bond donors (Lipinski definition) is 2. The van der Waals surface area contributed by atoms with Gasteiger partial charge >= 0.3 is 0 Å². The van der Waals surface area contributed by atoms with Crippen LogP contribution in [0.1, 0.15) is 13.3 Å². The van der Waals surface area contributed by atoms with Crippen molar-refractivity contribution in [2.75, 3.05) is 51.7 Å². The second kappa shape index (κ2) is 9.65. The Labute approximate surface area is 158 Å². The number of nitrogens with zero attached hydrogens (tertiary/aromatic N) is 3. The highest BCUT2D eigenvalue weighted by atomic mass is 79.9. The maximum atomic E-state index is 11.7. The normalized spacial score (nSPS) is 17.5. The van der Waals surface area contributed by atoms with E-state index < -0.39 is 0 Å². The van der Waals surface area contributed by atoms with E-state index >= 15 is 0 Å². The molecule has 1 heterocycles. The van der Waals surface area contributed by atoms with Crippen LogP contribution in [-0.2, 0) is 4.79 Å². The van der Waals surface area contributed by atoms with E-state index in [4.69, 9.17) is 0 Å². The Morgan fingerprint density at radius 2 is 2.20 bits per heavy atom. The average Bonchev–Trinajstić information content (AvgIpc) is 3.06. The van der Waals surface area contributed by atoms with Crippen molar-refractivity contribution < 1.29 is 4.79 Å². The third-order valence-electron chi connectivity index (χ3n) is 4.23. The molecule has 0 bridgehead atoms. The third-order valence-corrected chi connectivity index (χ3v) is 4.73. The fraction of sp³-hybridized carbons (Fsp3) is 0.556. The minimum atomic E-state index is -0.00102. The first-order valence-electron chi connectivity index (χ1n) is 8.72. The van der Waals surface area contributed by atoms with E-state index in [1.807, 2.05) is 13.0 Å². The van der Waals surface area contributed by atoms with Crippen LogP contribution in [0.4, 0.5) is 5.69 Å². The summed E-state index contributed by atoms with van der Waals surface area (Å²) in [7, 11) is 3.49. The van der Waals surface area contributed by atoms with Crippen molar-refractivity contribution in [3.63, 3.8) is 0 Å². The molecular formula is C18H28BrN5O. The van der Waals surface area contributed by atoms with Crippen LogP contribution in [0.15, 0.2) is 33.7 Å². The molecule has 0 aliphatic carbocycles. The molecule has 2 rings (SSSR count). The first kappa shape index (κ1) is 19.6. The Hall–Kier alpha value is -1.76. The standard InChI is InChI=1S/C18H28BrN5O/c1-4-20-18(22-12-17(25)23(2)3)21-11-14-8-9-24(13-14)16-7-5-6-15(19)10-16/h5-7,10,14H,4,8-9,11-13H2,1-3H3,(H2,20,21,22). The van der Waals surface area contributed by atoms with E-state index in [0.29, 0.717) is 11.9 Å². The lowest BCUT2D eigenvalue weighted by molar-refractivity contribution is -0.127. The van der Waals surface area contributed by atoms with E-state index in [0.717, 1.165) is 37.1 Å². The monoisotopic (exact) mass is 409 g/mol. The van der Waals surface area contributed by atoms with Crippen molar-refractivity contribution >= 4 is 33.5 Å². The van der Waals surface area contributed by atoms with Crippen molar-refractivity contribution in [1.29, 1.82) is 0 Å².